The fraction of sp³-hybridized carbons (Fsp3) is 0.235. The molecule has 0 fully saturated rings. The van der Waals surface area contributed by atoms with Crippen LogP contribution in [0.3, 0.4) is 0 Å². The maximum Gasteiger partial charge on any atom is 0.343 e. The second-order valence-electron chi connectivity index (χ2n) is 4.62. The minimum Gasteiger partial charge on any atom is -0.493 e. The van der Waals surface area contributed by atoms with Crippen LogP contribution in [0.4, 0.5) is 0 Å². The largest absolute Gasteiger partial charge is 0.493 e. The standard InChI is InChI=1S/C17H18O5/c1-11-5-7-13(8-6-11)22-17(18)12-9-14(19-2)16(21-4)15(10-12)20-3/h5-10H,1-4H3. The van der Waals surface area contributed by atoms with Crippen molar-refractivity contribution in [3.8, 4) is 23.0 Å². The lowest BCUT2D eigenvalue weighted by Crippen LogP contribution is -2.09. The number of methoxy groups -OCH3 is 3. The highest BCUT2D eigenvalue weighted by Crippen LogP contribution is 2.38. The highest BCUT2D eigenvalue weighted by molar-refractivity contribution is 5.92. The van der Waals surface area contributed by atoms with Crippen molar-refractivity contribution in [2.75, 3.05) is 21.3 Å². The first-order valence-corrected chi connectivity index (χ1v) is 6.68. The Morgan fingerprint density at radius 1 is 0.864 bits per heavy atom. The first-order valence-electron chi connectivity index (χ1n) is 6.68. The van der Waals surface area contributed by atoms with Crippen LogP contribution in [0.1, 0.15) is 15.9 Å². The molecule has 2 aromatic rings. The summed E-state index contributed by atoms with van der Waals surface area (Å²) >= 11 is 0. The smallest absolute Gasteiger partial charge is 0.343 e. The maximum absolute atomic E-state index is 12.3. The van der Waals surface area contributed by atoms with Crippen LogP contribution in [0.5, 0.6) is 23.0 Å². The maximum atomic E-state index is 12.3. The third-order valence-electron chi connectivity index (χ3n) is 3.13. The minimum absolute atomic E-state index is 0.315. The highest BCUT2D eigenvalue weighted by atomic mass is 16.5. The van der Waals surface area contributed by atoms with Crippen LogP contribution in [0, 0.1) is 6.92 Å². The normalized spacial score (nSPS) is 10.0. The molecule has 2 rings (SSSR count). The summed E-state index contributed by atoms with van der Waals surface area (Å²) in [5, 5.41) is 0. The average Bonchev–Trinajstić information content (AvgIpc) is 2.55. The third-order valence-corrected chi connectivity index (χ3v) is 3.13. The highest BCUT2D eigenvalue weighted by Gasteiger charge is 2.18. The lowest BCUT2D eigenvalue weighted by atomic mass is 10.2. The van der Waals surface area contributed by atoms with Crippen LogP contribution >= 0.6 is 0 Å². The Morgan fingerprint density at radius 3 is 1.86 bits per heavy atom. The molecule has 0 radical (unpaired) electrons. The molecule has 0 saturated carbocycles. The molecule has 0 amide bonds. The van der Waals surface area contributed by atoms with Gasteiger partial charge in [-0.15, -0.1) is 0 Å². The molecule has 0 aliphatic rings. The van der Waals surface area contributed by atoms with Crippen molar-refractivity contribution < 1.29 is 23.7 Å². The van der Waals surface area contributed by atoms with Crippen LogP contribution in [-0.2, 0) is 0 Å². The second kappa shape index (κ2) is 6.85. The van der Waals surface area contributed by atoms with E-state index in [1.54, 1.807) is 24.3 Å². The van der Waals surface area contributed by atoms with Gasteiger partial charge in [-0.1, -0.05) is 17.7 Å². The molecule has 0 unspecified atom stereocenters. The zero-order valence-electron chi connectivity index (χ0n) is 13.0. The Hall–Kier alpha value is -2.69. The minimum atomic E-state index is -0.497. The summed E-state index contributed by atoms with van der Waals surface area (Å²) in [5.74, 6) is 1.21. The van der Waals surface area contributed by atoms with Crippen LogP contribution in [-0.4, -0.2) is 27.3 Å². The molecule has 0 spiro atoms. The van der Waals surface area contributed by atoms with E-state index in [1.165, 1.54) is 21.3 Å². The van der Waals surface area contributed by atoms with E-state index in [0.29, 0.717) is 28.6 Å². The Morgan fingerprint density at radius 2 is 1.41 bits per heavy atom. The van der Waals surface area contributed by atoms with Gasteiger partial charge in [-0.3, -0.25) is 0 Å². The molecular weight excluding hydrogens is 284 g/mol. The van der Waals surface area contributed by atoms with Crippen LogP contribution in [0.25, 0.3) is 0 Å². The van der Waals surface area contributed by atoms with Gasteiger partial charge in [0.05, 0.1) is 26.9 Å². The lowest BCUT2D eigenvalue weighted by Gasteiger charge is -2.13. The molecule has 2 aromatic carbocycles. The molecule has 22 heavy (non-hydrogen) atoms. The van der Waals surface area contributed by atoms with E-state index in [4.69, 9.17) is 18.9 Å². The van der Waals surface area contributed by atoms with E-state index in [-0.39, 0.29) is 0 Å². The lowest BCUT2D eigenvalue weighted by molar-refractivity contribution is 0.0734. The third kappa shape index (κ3) is 3.31. The van der Waals surface area contributed by atoms with Gasteiger partial charge in [0.1, 0.15) is 5.75 Å². The van der Waals surface area contributed by atoms with Gasteiger partial charge in [0, 0.05) is 0 Å². The Balaban J connectivity index is 2.31. The van der Waals surface area contributed by atoms with Crippen molar-refractivity contribution >= 4 is 5.97 Å². The number of carbonyl (C=O) groups excluding carboxylic acids is 1. The average molecular weight is 302 g/mol. The van der Waals surface area contributed by atoms with Gasteiger partial charge in [0.25, 0.3) is 0 Å². The fourth-order valence-corrected chi connectivity index (χ4v) is 1.97. The molecule has 0 atom stereocenters. The van der Waals surface area contributed by atoms with Crippen LogP contribution in [0.2, 0.25) is 0 Å². The molecular formula is C17H18O5. The molecule has 0 aliphatic heterocycles. The SMILES string of the molecule is COc1cc(C(=O)Oc2ccc(C)cc2)cc(OC)c1OC. The number of benzene rings is 2. The summed E-state index contributed by atoms with van der Waals surface area (Å²) < 4.78 is 21.0. The van der Waals surface area contributed by atoms with E-state index in [1.807, 2.05) is 19.1 Å². The molecule has 5 nitrogen and oxygen atoms in total. The first-order chi connectivity index (χ1) is 10.6. The Labute approximate surface area is 129 Å². The van der Waals surface area contributed by atoms with Gasteiger partial charge >= 0.3 is 5.97 Å². The van der Waals surface area contributed by atoms with Crippen molar-refractivity contribution in [1.29, 1.82) is 0 Å². The van der Waals surface area contributed by atoms with Gasteiger partial charge in [-0.2, -0.15) is 0 Å². The summed E-state index contributed by atoms with van der Waals surface area (Å²) in [4.78, 5) is 12.3. The van der Waals surface area contributed by atoms with Gasteiger partial charge in [-0.25, -0.2) is 4.79 Å². The van der Waals surface area contributed by atoms with Crippen molar-refractivity contribution in [3.63, 3.8) is 0 Å². The molecule has 0 heterocycles. The number of carbonyl (C=O) groups is 1. The molecule has 0 bridgehead atoms. The fourth-order valence-electron chi connectivity index (χ4n) is 1.97. The summed E-state index contributed by atoms with van der Waals surface area (Å²) in [7, 11) is 4.49. The molecule has 0 saturated heterocycles. The number of ether oxygens (including phenoxy) is 4. The number of aryl methyl sites for hydroxylation is 1. The summed E-state index contributed by atoms with van der Waals surface area (Å²) in [6.07, 6.45) is 0. The zero-order valence-corrected chi connectivity index (χ0v) is 13.0. The number of rotatable bonds is 5. The second-order valence-corrected chi connectivity index (χ2v) is 4.62. The van der Waals surface area contributed by atoms with E-state index in [2.05, 4.69) is 0 Å². The van der Waals surface area contributed by atoms with E-state index < -0.39 is 5.97 Å². The molecule has 116 valence electrons. The molecule has 0 aliphatic carbocycles. The topological polar surface area (TPSA) is 54.0 Å². The number of hydrogen-bond donors (Lipinski definition) is 0. The quantitative estimate of drug-likeness (QED) is 0.627. The number of hydrogen-bond acceptors (Lipinski definition) is 5. The zero-order chi connectivity index (χ0) is 16.1. The summed E-state index contributed by atoms with van der Waals surface area (Å²) in [6.45, 7) is 1.96. The molecule has 0 aromatic heterocycles. The van der Waals surface area contributed by atoms with Crippen molar-refractivity contribution in [3.05, 3.63) is 47.5 Å². The monoisotopic (exact) mass is 302 g/mol. The molecule has 5 heteroatoms. The van der Waals surface area contributed by atoms with Gasteiger partial charge in [-0.05, 0) is 31.2 Å². The van der Waals surface area contributed by atoms with Crippen LogP contribution in [0.15, 0.2) is 36.4 Å². The van der Waals surface area contributed by atoms with E-state index in [0.717, 1.165) is 5.56 Å². The first kappa shape index (κ1) is 15.7. The summed E-state index contributed by atoms with van der Waals surface area (Å²) in [6, 6.07) is 10.3. The Bertz CT molecular complexity index is 636. The van der Waals surface area contributed by atoms with E-state index >= 15 is 0 Å². The van der Waals surface area contributed by atoms with Crippen molar-refractivity contribution in [1.82, 2.24) is 0 Å². The predicted octanol–water partition coefficient (Wildman–Crippen LogP) is 3.24. The Kier molecular flexibility index (Phi) is 4.88. The van der Waals surface area contributed by atoms with Gasteiger partial charge < -0.3 is 18.9 Å². The van der Waals surface area contributed by atoms with Crippen LogP contribution < -0.4 is 18.9 Å². The molecule has 0 N–H and O–H groups in total. The van der Waals surface area contributed by atoms with Crippen molar-refractivity contribution in [2.45, 2.75) is 6.92 Å². The summed E-state index contributed by atoms with van der Waals surface area (Å²) in [5.41, 5.74) is 1.41. The predicted molar refractivity (Wildman–Crippen MR) is 82.2 cm³/mol. The number of esters is 1. The van der Waals surface area contributed by atoms with Crippen molar-refractivity contribution in [2.24, 2.45) is 0 Å². The van der Waals surface area contributed by atoms with E-state index in [9.17, 15) is 4.79 Å². The van der Waals surface area contributed by atoms with Gasteiger partial charge in [0.15, 0.2) is 11.5 Å². The van der Waals surface area contributed by atoms with Gasteiger partial charge in [0.2, 0.25) is 5.75 Å².